The van der Waals surface area contributed by atoms with Gasteiger partial charge in [-0.1, -0.05) is 12.1 Å². The maximum absolute atomic E-state index is 12.2. The summed E-state index contributed by atoms with van der Waals surface area (Å²) in [6.07, 6.45) is 0. The number of anilines is 1. The Bertz CT molecular complexity index is 774. The Morgan fingerprint density at radius 1 is 1.07 bits per heavy atom. The lowest BCUT2D eigenvalue weighted by Crippen LogP contribution is -3.16. The summed E-state index contributed by atoms with van der Waals surface area (Å²) < 4.78 is 11.0. The Morgan fingerprint density at radius 2 is 1.72 bits per heavy atom. The van der Waals surface area contributed by atoms with Crippen molar-refractivity contribution in [1.29, 1.82) is 0 Å². The van der Waals surface area contributed by atoms with Crippen LogP contribution in [0.5, 0.6) is 17.2 Å². The third kappa shape index (κ3) is 6.29. The van der Waals surface area contributed by atoms with Gasteiger partial charge >= 0.3 is 0 Å². The maximum Gasteiger partial charge on any atom is 0.275 e. The normalized spacial score (nSPS) is 14.4. The molecule has 2 aromatic rings. The number of benzene rings is 2. The molecule has 0 unspecified atom stereocenters. The lowest BCUT2D eigenvalue weighted by Gasteiger charge is -2.33. The first-order valence-corrected chi connectivity index (χ1v) is 10.1. The third-order valence-electron chi connectivity index (χ3n) is 4.93. The number of piperazine rings is 1. The van der Waals surface area contributed by atoms with Crippen LogP contribution in [0.4, 0.5) is 5.69 Å². The highest BCUT2D eigenvalue weighted by Gasteiger charge is 2.23. The number of ether oxygens (including phenoxy) is 2. The van der Waals surface area contributed by atoms with E-state index < -0.39 is 0 Å². The number of carbonyl (C=O) groups excluding carboxylic acids is 1. The molecule has 1 fully saturated rings. The van der Waals surface area contributed by atoms with Crippen molar-refractivity contribution in [2.45, 2.75) is 6.92 Å². The van der Waals surface area contributed by atoms with E-state index in [2.05, 4.69) is 10.2 Å². The highest BCUT2D eigenvalue weighted by Crippen LogP contribution is 2.25. The molecule has 1 amide bonds. The number of para-hydroxylation sites is 2. The van der Waals surface area contributed by atoms with E-state index in [9.17, 15) is 9.90 Å². The molecule has 3 rings (SSSR count). The first kappa shape index (κ1) is 20.8. The molecule has 0 aliphatic carbocycles. The van der Waals surface area contributed by atoms with Crippen LogP contribution in [0.3, 0.4) is 0 Å². The first-order valence-electron chi connectivity index (χ1n) is 10.1. The number of carbonyl (C=O) groups is 1. The van der Waals surface area contributed by atoms with Gasteiger partial charge in [-0.2, -0.15) is 0 Å². The Kier molecular flexibility index (Phi) is 7.58. The second-order valence-electron chi connectivity index (χ2n) is 7.01. The van der Waals surface area contributed by atoms with E-state index in [1.165, 1.54) is 4.90 Å². The zero-order chi connectivity index (χ0) is 20.5. The molecule has 1 aliphatic heterocycles. The topological polar surface area (TPSA) is 75.5 Å². The number of amides is 1. The lowest BCUT2D eigenvalue weighted by molar-refractivity contribution is -0.892. The summed E-state index contributed by atoms with van der Waals surface area (Å²) in [6.45, 7) is 7.31. The summed E-state index contributed by atoms with van der Waals surface area (Å²) in [7, 11) is 0. The molecule has 0 radical (unpaired) electrons. The minimum Gasteiger partial charge on any atom is -0.506 e. The van der Waals surface area contributed by atoms with E-state index >= 15 is 0 Å². The number of rotatable bonds is 9. The standard InChI is InChI=1S/C22H29N3O4/c1-2-28-18-7-9-19(10-8-18)29-16-11-23-22(27)17-24-12-14-25(15-13-24)20-5-3-4-6-21(20)26/h3-10,26H,2,11-17H2,1H3,(H,23,27)/p+1. The van der Waals surface area contributed by atoms with Gasteiger partial charge < -0.3 is 29.7 Å². The highest BCUT2D eigenvalue weighted by atomic mass is 16.5. The summed E-state index contributed by atoms with van der Waals surface area (Å²) in [5.74, 6) is 1.92. The number of hydrogen-bond acceptors (Lipinski definition) is 5. The zero-order valence-electron chi connectivity index (χ0n) is 16.9. The van der Waals surface area contributed by atoms with Crippen LogP contribution in [-0.4, -0.2) is 63.5 Å². The minimum atomic E-state index is 0.0336. The number of nitrogens with zero attached hydrogens (tertiary/aromatic N) is 1. The second kappa shape index (κ2) is 10.6. The largest absolute Gasteiger partial charge is 0.506 e. The molecule has 7 nitrogen and oxygen atoms in total. The van der Waals surface area contributed by atoms with Crippen molar-refractivity contribution in [3.8, 4) is 17.2 Å². The van der Waals surface area contributed by atoms with Gasteiger partial charge in [-0.3, -0.25) is 4.79 Å². The third-order valence-corrected chi connectivity index (χ3v) is 4.93. The SMILES string of the molecule is CCOc1ccc(OCCNC(=O)C[NH+]2CCN(c3ccccc3O)CC2)cc1. The van der Waals surface area contributed by atoms with Crippen molar-refractivity contribution < 1.29 is 24.3 Å². The van der Waals surface area contributed by atoms with Crippen LogP contribution in [0.1, 0.15) is 6.92 Å². The number of hydrogen-bond donors (Lipinski definition) is 3. The highest BCUT2D eigenvalue weighted by molar-refractivity contribution is 5.76. The second-order valence-corrected chi connectivity index (χ2v) is 7.01. The predicted molar refractivity (Wildman–Crippen MR) is 112 cm³/mol. The van der Waals surface area contributed by atoms with Crippen molar-refractivity contribution in [3.05, 3.63) is 48.5 Å². The van der Waals surface area contributed by atoms with Gasteiger partial charge in [0.15, 0.2) is 6.54 Å². The molecule has 7 heteroatoms. The van der Waals surface area contributed by atoms with Crippen molar-refractivity contribution in [1.82, 2.24) is 5.32 Å². The molecule has 0 spiro atoms. The van der Waals surface area contributed by atoms with Crippen molar-refractivity contribution in [3.63, 3.8) is 0 Å². The molecule has 1 saturated heterocycles. The van der Waals surface area contributed by atoms with E-state index in [-0.39, 0.29) is 5.91 Å². The fourth-order valence-electron chi connectivity index (χ4n) is 3.42. The molecule has 156 valence electrons. The molecule has 1 aliphatic rings. The molecular formula is C22H30N3O4+. The van der Waals surface area contributed by atoms with Gasteiger partial charge in [-0.15, -0.1) is 0 Å². The average Bonchev–Trinajstić information content (AvgIpc) is 2.74. The van der Waals surface area contributed by atoms with Crippen molar-refractivity contribution in [2.75, 3.05) is 57.4 Å². The van der Waals surface area contributed by atoms with Crippen LogP contribution >= 0.6 is 0 Å². The van der Waals surface area contributed by atoms with Gasteiger partial charge in [-0.05, 0) is 43.3 Å². The van der Waals surface area contributed by atoms with Gasteiger partial charge in [0.2, 0.25) is 0 Å². The monoisotopic (exact) mass is 400 g/mol. The average molecular weight is 400 g/mol. The number of nitrogens with one attached hydrogen (secondary N) is 2. The number of aromatic hydroxyl groups is 1. The molecule has 1 heterocycles. The van der Waals surface area contributed by atoms with E-state index in [0.29, 0.717) is 32.1 Å². The number of phenolic OH excluding ortho intramolecular Hbond substituents is 1. The summed E-state index contributed by atoms with van der Waals surface area (Å²) in [4.78, 5) is 15.6. The summed E-state index contributed by atoms with van der Waals surface area (Å²) in [5.41, 5.74) is 0.863. The first-order chi connectivity index (χ1) is 14.2. The Labute approximate surface area is 171 Å². The lowest BCUT2D eigenvalue weighted by atomic mass is 10.2. The smallest absolute Gasteiger partial charge is 0.275 e. The number of quaternary nitrogens is 1. The van der Waals surface area contributed by atoms with Gasteiger partial charge in [-0.25, -0.2) is 0 Å². The molecule has 0 atom stereocenters. The molecule has 0 bridgehead atoms. The molecule has 0 aromatic heterocycles. The van der Waals surface area contributed by atoms with Crippen LogP contribution < -0.4 is 24.6 Å². The fourth-order valence-corrected chi connectivity index (χ4v) is 3.42. The Morgan fingerprint density at radius 3 is 2.38 bits per heavy atom. The quantitative estimate of drug-likeness (QED) is 0.540. The van der Waals surface area contributed by atoms with Gasteiger partial charge in [0, 0.05) is 0 Å². The molecular weight excluding hydrogens is 370 g/mol. The fraction of sp³-hybridized carbons (Fsp3) is 0.409. The number of phenols is 1. The van der Waals surface area contributed by atoms with Crippen LogP contribution in [-0.2, 0) is 4.79 Å². The molecule has 2 aromatic carbocycles. The molecule has 29 heavy (non-hydrogen) atoms. The van der Waals surface area contributed by atoms with Crippen LogP contribution in [0, 0.1) is 0 Å². The van der Waals surface area contributed by atoms with E-state index in [1.54, 1.807) is 6.07 Å². The van der Waals surface area contributed by atoms with Crippen LogP contribution in [0.25, 0.3) is 0 Å². The minimum absolute atomic E-state index is 0.0336. The Balaban J connectivity index is 1.32. The van der Waals surface area contributed by atoms with Gasteiger partial charge in [0.1, 0.15) is 23.9 Å². The summed E-state index contributed by atoms with van der Waals surface area (Å²) in [5, 5.41) is 12.9. The van der Waals surface area contributed by atoms with Crippen LogP contribution in [0.2, 0.25) is 0 Å². The van der Waals surface area contributed by atoms with E-state index in [1.807, 2.05) is 49.4 Å². The van der Waals surface area contributed by atoms with Crippen molar-refractivity contribution >= 4 is 11.6 Å². The zero-order valence-corrected chi connectivity index (χ0v) is 16.9. The maximum atomic E-state index is 12.2. The van der Waals surface area contributed by atoms with Gasteiger partial charge in [0.25, 0.3) is 5.91 Å². The molecule has 0 saturated carbocycles. The Hall–Kier alpha value is -2.93. The van der Waals surface area contributed by atoms with E-state index in [0.717, 1.165) is 43.4 Å². The van der Waals surface area contributed by atoms with Crippen LogP contribution in [0.15, 0.2) is 48.5 Å². The van der Waals surface area contributed by atoms with Gasteiger partial charge in [0.05, 0.1) is 45.0 Å². The van der Waals surface area contributed by atoms with Crippen molar-refractivity contribution in [2.24, 2.45) is 0 Å². The summed E-state index contributed by atoms with van der Waals surface area (Å²) in [6, 6.07) is 14.9. The predicted octanol–water partition coefficient (Wildman–Crippen LogP) is 0.691. The molecule has 3 N–H and O–H groups in total. The van der Waals surface area contributed by atoms with E-state index in [4.69, 9.17) is 9.47 Å². The summed E-state index contributed by atoms with van der Waals surface area (Å²) >= 11 is 0.